The molecule has 0 fully saturated rings. The van der Waals surface area contributed by atoms with Crippen molar-refractivity contribution in [3.8, 4) is 0 Å². The van der Waals surface area contributed by atoms with Crippen LogP contribution in [0, 0.1) is 13.8 Å². The second-order valence-electron chi connectivity index (χ2n) is 10.8. The number of sulfonamides is 1. The summed E-state index contributed by atoms with van der Waals surface area (Å²) >= 11 is 0. The smallest absolute Gasteiger partial charge is 0.264 e. The van der Waals surface area contributed by atoms with Crippen LogP contribution >= 0.6 is 0 Å². The summed E-state index contributed by atoms with van der Waals surface area (Å²) in [5.41, 5.74) is 2.74. The molecule has 0 bridgehead atoms. The van der Waals surface area contributed by atoms with E-state index in [-0.39, 0.29) is 17.3 Å². The molecule has 0 saturated heterocycles. The SMILES string of the molecule is CCC(C(=O)NC(C)(C)C)N(Cc1cccc(C)c1)C(=O)CN(c1ccc(C)cc1)S(=O)(=O)c1ccccc1. The zero-order chi connectivity index (χ0) is 28.8. The van der Waals surface area contributed by atoms with Gasteiger partial charge in [-0.2, -0.15) is 0 Å². The first-order valence-electron chi connectivity index (χ1n) is 13.1. The number of anilines is 1. The maximum absolute atomic E-state index is 14.1. The fraction of sp³-hybridized carbons (Fsp3) is 0.355. The third-order valence-electron chi connectivity index (χ3n) is 6.25. The number of hydrogen-bond acceptors (Lipinski definition) is 4. The molecule has 8 heteroatoms. The minimum absolute atomic E-state index is 0.0844. The van der Waals surface area contributed by atoms with Crippen LogP contribution in [0.4, 0.5) is 5.69 Å². The van der Waals surface area contributed by atoms with Gasteiger partial charge in [-0.25, -0.2) is 8.42 Å². The molecule has 3 aromatic rings. The van der Waals surface area contributed by atoms with Crippen LogP contribution in [0.1, 0.15) is 50.8 Å². The molecule has 0 aromatic heterocycles. The average molecular weight is 550 g/mol. The van der Waals surface area contributed by atoms with Gasteiger partial charge in [0.25, 0.3) is 10.0 Å². The lowest BCUT2D eigenvalue weighted by molar-refractivity contribution is -0.141. The van der Waals surface area contributed by atoms with Gasteiger partial charge >= 0.3 is 0 Å². The van der Waals surface area contributed by atoms with E-state index in [0.717, 1.165) is 21.0 Å². The lowest BCUT2D eigenvalue weighted by atomic mass is 10.0. The summed E-state index contributed by atoms with van der Waals surface area (Å²) in [4.78, 5) is 29.0. The Morgan fingerprint density at radius 3 is 2.08 bits per heavy atom. The van der Waals surface area contributed by atoms with Crippen LogP contribution < -0.4 is 9.62 Å². The summed E-state index contributed by atoms with van der Waals surface area (Å²) in [5, 5.41) is 2.99. The van der Waals surface area contributed by atoms with Gasteiger partial charge in [-0.1, -0.05) is 72.6 Å². The predicted molar refractivity (Wildman–Crippen MR) is 156 cm³/mol. The lowest BCUT2D eigenvalue weighted by Crippen LogP contribution is -2.55. The number of amides is 2. The van der Waals surface area contributed by atoms with Crippen molar-refractivity contribution in [3.05, 3.63) is 95.6 Å². The number of carbonyl (C=O) groups excluding carboxylic acids is 2. The summed E-state index contributed by atoms with van der Waals surface area (Å²) < 4.78 is 28.8. The summed E-state index contributed by atoms with van der Waals surface area (Å²) in [6.07, 6.45) is 0.370. The quantitative estimate of drug-likeness (QED) is 0.376. The highest BCUT2D eigenvalue weighted by Gasteiger charge is 2.34. The van der Waals surface area contributed by atoms with Gasteiger partial charge in [0.2, 0.25) is 11.8 Å². The first kappa shape index (κ1) is 29.9. The zero-order valence-electron chi connectivity index (χ0n) is 23.6. The molecule has 2 amide bonds. The molecule has 0 spiro atoms. The van der Waals surface area contributed by atoms with Crippen molar-refractivity contribution in [1.82, 2.24) is 10.2 Å². The van der Waals surface area contributed by atoms with E-state index >= 15 is 0 Å². The number of nitrogens with one attached hydrogen (secondary N) is 1. The maximum Gasteiger partial charge on any atom is 0.264 e. The fourth-order valence-electron chi connectivity index (χ4n) is 4.34. The second-order valence-corrected chi connectivity index (χ2v) is 12.7. The van der Waals surface area contributed by atoms with E-state index in [9.17, 15) is 18.0 Å². The maximum atomic E-state index is 14.1. The van der Waals surface area contributed by atoms with Crippen molar-refractivity contribution < 1.29 is 18.0 Å². The predicted octanol–water partition coefficient (Wildman–Crippen LogP) is 5.22. The summed E-state index contributed by atoms with van der Waals surface area (Å²) in [6.45, 7) is 11.1. The van der Waals surface area contributed by atoms with E-state index in [4.69, 9.17) is 0 Å². The highest BCUT2D eigenvalue weighted by Crippen LogP contribution is 2.25. The molecule has 0 aliphatic carbocycles. The molecule has 39 heavy (non-hydrogen) atoms. The number of benzene rings is 3. The van der Waals surface area contributed by atoms with Crippen molar-refractivity contribution >= 4 is 27.5 Å². The van der Waals surface area contributed by atoms with Crippen molar-refractivity contribution in [2.75, 3.05) is 10.8 Å². The first-order chi connectivity index (χ1) is 18.3. The van der Waals surface area contributed by atoms with Gasteiger partial charge in [0.15, 0.2) is 0 Å². The lowest BCUT2D eigenvalue weighted by Gasteiger charge is -2.34. The van der Waals surface area contributed by atoms with E-state index in [1.54, 1.807) is 30.3 Å². The average Bonchev–Trinajstić information content (AvgIpc) is 2.87. The van der Waals surface area contributed by atoms with Crippen LogP contribution in [0.3, 0.4) is 0 Å². The Balaban J connectivity index is 2.06. The molecule has 7 nitrogen and oxygen atoms in total. The van der Waals surface area contributed by atoms with E-state index in [0.29, 0.717) is 12.1 Å². The van der Waals surface area contributed by atoms with E-state index in [1.807, 2.05) is 77.9 Å². The second kappa shape index (κ2) is 12.5. The Morgan fingerprint density at radius 1 is 0.872 bits per heavy atom. The molecule has 0 heterocycles. The third kappa shape index (κ3) is 7.93. The number of nitrogens with zero attached hydrogens (tertiary/aromatic N) is 2. The van der Waals surface area contributed by atoms with Gasteiger partial charge in [-0.3, -0.25) is 13.9 Å². The van der Waals surface area contributed by atoms with E-state index < -0.39 is 34.1 Å². The zero-order valence-corrected chi connectivity index (χ0v) is 24.5. The summed E-state index contributed by atoms with van der Waals surface area (Å²) in [5.74, 6) is -0.744. The van der Waals surface area contributed by atoms with Crippen molar-refractivity contribution in [3.63, 3.8) is 0 Å². The van der Waals surface area contributed by atoms with Crippen LogP contribution in [0.15, 0.2) is 83.8 Å². The van der Waals surface area contributed by atoms with Crippen LogP contribution in [0.5, 0.6) is 0 Å². The Labute approximate surface area is 232 Å². The van der Waals surface area contributed by atoms with Crippen LogP contribution in [0.2, 0.25) is 0 Å². The highest BCUT2D eigenvalue weighted by atomic mass is 32.2. The Morgan fingerprint density at radius 2 is 1.51 bits per heavy atom. The molecule has 208 valence electrons. The normalized spacial score (nSPS) is 12.5. The first-order valence-corrected chi connectivity index (χ1v) is 14.6. The van der Waals surface area contributed by atoms with Gasteiger partial charge < -0.3 is 10.2 Å². The van der Waals surface area contributed by atoms with Gasteiger partial charge in [-0.05, 0) is 70.9 Å². The van der Waals surface area contributed by atoms with E-state index in [2.05, 4.69) is 5.32 Å². The molecule has 0 saturated carbocycles. The molecule has 0 aliphatic heterocycles. The molecule has 1 N–H and O–H groups in total. The molecule has 1 unspecified atom stereocenters. The van der Waals surface area contributed by atoms with Gasteiger partial charge in [0.05, 0.1) is 10.6 Å². The van der Waals surface area contributed by atoms with Gasteiger partial charge in [0, 0.05) is 12.1 Å². The number of hydrogen-bond donors (Lipinski definition) is 1. The highest BCUT2D eigenvalue weighted by molar-refractivity contribution is 7.92. The van der Waals surface area contributed by atoms with Crippen molar-refractivity contribution in [2.45, 2.75) is 71.0 Å². The Hall–Kier alpha value is -3.65. The minimum atomic E-state index is -4.07. The minimum Gasteiger partial charge on any atom is -0.350 e. The molecular weight excluding hydrogens is 510 g/mol. The Bertz CT molecular complexity index is 1380. The van der Waals surface area contributed by atoms with Crippen LogP contribution in [-0.2, 0) is 26.2 Å². The topological polar surface area (TPSA) is 86.8 Å². The molecule has 3 aromatic carbocycles. The van der Waals surface area contributed by atoms with Crippen LogP contribution in [-0.4, -0.2) is 43.3 Å². The number of aryl methyl sites for hydroxylation is 2. The van der Waals surface area contributed by atoms with Crippen LogP contribution in [0.25, 0.3) is 0 Å². The largest absolute Gasteiger partial charge is 0.350 e. The Kier molecular flexibility index (Phi) is 9.56. The monoisotopic (exact) mass is 549 g/mol. The van der Waals surface area contributed by atoms with Crippen molar-refractivity contribution in [1.29, 1.82) is 0 Å². The molecular formula is C31H39N3O4S. The third-order valence-corrected chi connectivity index (χ3v) is 8.04. The number of carbonyl (C=O) groups is 2. The summed E-state index contributed by atoms with van der Waals surface area (Å²) in [7, 11) is -4.07. The molecule has 1 atom stereocenters. The number of rotatable bonds is 10. The standard InChI is InChI=1S/C31H39N3O4S/c1-7-28(30(36)32-31(4,5)6)33(21-25-13-11-12-24(3)20-25)29(35)22-34(26-18-16-23(2)17-19-26)39(37,38)27-14-9-8-10-15-27/h8-20,28H,7,21-22H2,1-6H3,(H,32,36). The van der Waals surface area contributed by atoms with Gasteiger partial charge in [-0.15, -0.1) is 0 Å². The molecule has 0 aliphatic rings. The summed E-state index contributed by atoms with van der Waals surface area (Å²) in [6, 6.07) is 22.0. The molecule has 0 radical (unpaired) electrons. The molecule has 3 rings (SSSR count). The van der Waals surface area contributed by atoms with E-state index in [1.165, 1.54) is 17.0 Å². The van der Waals surface area contributed by atoms with Crippen molar-refractivity contribution in [2.24, 2.45) is 0 Å². The fourth-order valence-corrected chi connectivity index (χ4v) is 5.77. The van der Waals surface area contributed by atoms with Gasteiger partial charge in [0.1, 0.15) is 12.6 Å².